The second-order valence-corrected chi connectivity index (χ2v) is 5.36. The van der Waals surface area contributed by atoms with Gasteiger partial charge in [0.15, 0.2) is 0 Å². The first-order valence-corrected chi connectivity index (χ1v) is 6.10. The molecular formula is C11H16N2S. The number of pyridine rings is 1. The molecule has 2 atom stereocenters. The molecule has 0 spiro atoms. The van der Waals surface area contributed by atoms with Crippen molar-refractivity contribution in [1.29, 1.82) is 0 Å². The zero-order valence-electron chi connectivity index (χ0n) is 8.66. The first-order chi connectivity index (χ1) is 6.75. The predicted molar refractivity (Wildman–Crippen MR) is 62.9 cm³/mol. The normalized spacial score (nSPS) is 26.4. The van der Waals surface area contributed by atoms with E-state index < -0.39 is 0 Å². The van der Waals surface area contributed by atoms with E-state index in [4.69, 9.17) is 0 Å². The van der Waals surface area contributed by atoms with Crippen molar-refractivity contribution in [2.75, 3.05) is 11.1 Å². The number of thioether (sulfide) groups is 1. The van der Waals surface area contributed by atoms with Crippen molar-refractivity contribution in [3.63, 3.8) is 0 Å². The van der Waals surface area contributed by atoms with Crippen LogP contribution in [-0.2, 0) is 0 Å². The molecule has 1 aliphatic rings. The van der Waals surface area contributed by atoms with Crippen LogP contribution in [0.25, 0.3) is 0 Å². The molecule has 76 valence electrons. The van der Waals surface area contributed by atoms with Gasteiger partial charge < -0.3 is 5.32 Å². The van der Waals surface area contributed by atoms with Crippen LogP contribution in [0.2, 0.25) is 0 Å². The van der Waals surface area contributed by atoms with Crippen molar-refractivity contribution in [2.24, 2.45) is 0 Å². The Kier molecular flexibility index (Phi) is 2.96. The van der Waals surface area contributed by atoms with Gasteiger partial charge in [0.1, 0.15) is 5.82 Å². The van der Waals surface area contributed by atoms with E-state index in [9.17, 15) is 0 Å². The molecule has 0 aliphatic carbocycles. The number of aromatic nitrogens is 1. The van der Waals surface area contributed by atoms with Gasteiger partial charge in [-0.25, -0.2) is 4.98 Å². The molecule has 0 aromatic carbocycles. The number of anilines is 1. The lowest BCUT2D eigenvalue weighted by Gasteiger charge is -2.13. The van der Waals surface area contributed by atoms with Gasteiger partial charge in [-0.2, -0.15) is 11.8 Å². The topological polar surface area (TPSA) is 24.9 Å². The highest BCUT2D eigenvalue weighted by molar-refractivity contribution is 8.00. The minimum absolute atomic E-state index is 0.601. The molecule has 0 saturated carbocycles. The Balaban J connectivity index is 2.01. The molecule has 1 aromatic heterocycles. The van der Waals surface area contributed by atoms with E-state index >= 15 is 0 Å². The van der Waals surface area contributed by atoms with Gasteiger partial charge in [-0.3, -0.25) is 0 Å². The summed E-state index contributed by atoms with van der Waals surface area (Å²) in [5, 5.41) is 4.30. The van der Waals surface area contributed by atoms with Gasteiger partial charge in [-0.1, -0.05) is 13.0 Å². The predicted octanol–water partition coefficient (Wildman–Crippen LogP) is 2.70. The van der Waals surface area contributed by atoms with Crippen LogP contribution >= 0.6 is 11.8 Å². The number of hydrogen-bond acceptors (Lipinski definition) is 3. The first kappa shape index (κ1) is 9.84. The Morgan fingerprint density at radius 3 is 3.07 bits per heavy atom. The smallest absolute Gasteiger partial charge is 0.129 e. The molecule has 1 saturated heterocycles. The summed E-state index contributed by atoms with van der Waals surface area (Å²) >= 11 is 2.04. The monoisotopic (exact) mass is 208 g/mol. The van der Waals surface area contributed by atoms with Gasteiger partial charge in [0, 0.05) is 23.2 Å². The zero-order chi connectivity index (χ0) is 9.97. The van der Waals surface area contributed by atoms with Crippen molar-refractivity contribution in [1.82, 2.24) is 4.98 Å². The molecule has 0 amide bonds. The summed E-state index contributed by atoms with van der Waals surface area (Å²) in [6, 6.07) is 4.68. The highest BCUT2D eigenvalue weighted by Gasteiger charge is 2.21. The quantitative estimate of drug-likeness (QED) is 0.809. The zero-order valence-corrected chi connectivity index (χ0v) is 9.47. The minimum Gasteiger partial charge on any atom is -0.366 e. The third kappa shape index (κ3) is 2.21. The molecule has 2 rings (SSSR count). The first-order valence-electron chi connectivity index (χ1n) is 5.05. The lowest BCUT2D eigenvalue weighted by Crippen LogP contribution is -2.20. The van der Waals surface area contributed by atoms with E-state index in [2.05, 4.69) is 30.2 Å². The molecule has 2 unspecified atom stereocenters. The van der Waals surface area contributed by atoms with Crippen molar-refractivity contribution in [2.45, 2.75) is 31.6 Å². The lowest BCUT2D eigenvalue weighted by molar-refractivity contribution is 0.742. The van der Waals surface area contributed by atoms with Gasteiger partial charge in [0.2, 0.25) is 0 Å². The van der Waals surface area contributed by atoms with Crippen LogP contribution < -0.4 is 5.32 Å². The molecule has 1 aromatic rings. The van der Waals surface area contributed by atoms with E-state index in [1.165, 1.54) is 17.7 Å². The fraction of sp³-hybridized carbons (Fsp3) is 0.545. The summed E-state index contributed by atoms with van der Waals surface area (Å²) in [5.41, 5.74) is 1.23. The van der Waals surface area contributed by atoms with Crippen LogP contribution in [0, 0.1) is 6.92 Å². The Hall–Kier alpha value is -0.700. The molecule has 1 N–H and O–H groups in total. The third-order valence-electron chi connectivity index (χ3n) is 2.55. The van der Waals surface area contributed by atoms with E-state index in [1.54, 1.807) is 0 Å². The summed E-state index contributed by atoms with van der Waals surface area (Å²) in [5.74, 6) is 2.25. The largest absolute Gasteiger partial charge is 0.366 e. The fourth-order valence-corrected chi connectivity index (χ4v) is 2.90. The SMILES string of the molecule is Cc1cccnc1NC1CSC(C)C1. The Bertz CT molecular complexity index is 314. The summed E-state index contributed by atoms with van der Waals surface area (Å²) in [4.78, 5) is 4.35. The van der Waals surface area contributed by atoms with Crippen LogP contribution in [0.5, 0.6) is 0 Å². The third-order valence-corrected chi connectivity index (χ3v) is 3.90. The second-order valence-electron chi connectivity index (χ2n) is 3.89. The number of nitrogens with one attached hydrogen (secondary N) is 1. The van der Waals surface area contributed by atoms with Gasteiger partial charge in [-0.05, 0) is 25.0 Å². The molecule has 0 radical (unpaired) electrons. The number of nitrogens with zero attached hydrogens (tertiary/aromatic N) is 1. The van der Waals surface area contributed by atoms with Gasteiger partial charge in [0.05, 0.1) is 0 Å². The van der Waals surface area contributed by atoms with Crippen LogP contribution in [0.4, 0.5) is 5.82 Å². The molecule has 14 heavy (non-hydrogen) atoms. The highest BCUT2D eigenvalue weighted by Crippen LogP contribution is 2.28. The maximum atomic E-state index is 4.35. The molecular weight excluding hydrogens is 192 g/mol. The van der Waals surface area contributed by atoms with Crippen molar-refractivity contribution < 1.29 is 0 Å². The van der Waals surface area contributed by atoms with Gasteiger partial charge >= 0.3 is 0 Å². The van der Waals surface area contributed by atoms with Crippen LogP contribution in [0.3, 0.4) is 0 Å². The maximum absolute atomic E-state index is 4.35. The molecule has 2 nitrogen and oxygen atoms in total. The minimum atomic E-state index is 0.601. The summed E-state index contributed by atoms with van der Waals surface area (Å²) in [6.45, 7) is 4.39. The van der Waals surface area contributed by atoms with Crippen LogP contribution in [-0.4, -0.2) is 22.0 Å². The van der Waals surface area contributed by atoms with E-state index in [0.717, 1.165) is 11.1 Å². The summed E-state index contributed by atoms with van der Waals surface area (Å²) < 4.78 is 0. The van der Waals surface area contributed by atoms with Gasteiger partial charge in [0.25, 0.3) is 0 Å². The van der Waals surface area contributed by atoms with E-state index in [-0.39, 0.29) is 0 Å². The summed E-state index contributed by atoms with van der Waals surface area (Å²) in [6.07, 6.45) is 3.10. The Morgan fingerprint density at radius 1 is 1.57 bits per heavy atom. The molecule has 2 heterocycles. The van der Waals surface area contributed by atoms with Crippen molar-refractivity contribution >= 4 is 17.6 Å². The Morgan fingerprint density at radius 2 is 2.43 bits per heavy atom. The number of rotatable bonds is 2. The van der Waals surface area contributed by atoms with Crippen molar-refractivity contribution in [3.05, 3.63) is 23.9 Å². The standard InChI is InChI=1S/C11H16N2S/c1-8-4-3-5-12-11(8)13-10-6-9(2)14-7-10/h3-5,9-10H,6-7H2,1-2H3,(H,12,13). The summed E-state index contributed by atoms with van der Waals surface area (Å²) in [7, 11) is 0. The lowest BCUT2D eigenvalue weighted by atomic mass is 10.2. The van der Waals surface area contributed by atoms with E-state index in [0.29, 0.717) is 6.04 Å². The van der Waals surface area contributed by atoms with Crippen LogP contribution in [0.15, 0.2) is 18.3 Å². The maximum Gasteiger partial charge on any atom is 0.129 e. The highest BCUT2D eigenvalue weighted by atomic mass is 32.2. The molecule has 1 fully saturated rings. The number of hydrogen-bond donors (Lipinski definition) is 1. The Labute approximate surface area is 89.5 Å². The second kappa shape index (κ2) is 4.22. The number of aryl methyl sites for hydroxylation is 1. The molecule has 0 bridgehead atoms. The average molecular weight is 208 g/mol. The average Bonchev–Trinajstić information content (AvgIpc) is 2.56. The van der Waals surface area contributed by atoms with Crippen LogP contribution in [0.1, 0.15) is 18.9 Å². The molecule has 3 heteroatoms. The molecule has 1 aliphatic heterocycles. The van der Waals surface area contributed by atoms with Crippen molar-refractivity contribution in [3.8, 4) is 0 Å². The van der Waals surface area contributed by atoms with E-state index in [1.807, 2.05) is 24.0 Å². The fourth-order valence-electron chi connectivity index (χ4n) is 1.75. The van der Waals surface area contributed by atoms with Gasteiger partial charge in [-0.15, -0.1) is 0 Å².